The van der Waals surface area contributed by atoms with Crippen molar-refractivity contribution in [3.63, 3.8) is 0 Å². The number of rotatable bonds is 8. The first-order valence-corrected chi connectivity index (χ1v) is 7.83. The Morgan fingerprint density at radius 1 is 1.18 bits per heavy atom. The summed E-state index contributed by atoms with van der Waals surface area (Å²) in [5, 5.41) is 0. The summed E-state index contributed by atoms with van der Waals surface area (Å²) in [4.78, 5) is 2.18. The van der Waals surface area contributed by atoms with E-state index < -0.39 is 11.7 Å². The van der Waals surface area contributed by atoms with Crippen LogP contribution in [0, 0.1) is 5.92 Å². The van der Waals surface area contributed by atoms with Gasteiger partial charge in [0.25, 0.3) is 0 Å². The van der Waals surface area contributed by atoms with Crippen molar-refractivity contribution in [1.82, 2.24) is 4.90 Å². The van der Waals surface area contributed by atoms with Crippen LogP contribution in [0.3, 0.4) is 0 Å². The maximum absolute atomic E-state index is 12.9. The predicted octanol–water partition coefficient (Wildman–Crippen LogP) is 4.97. The molecule has 0 saturated heterocycles. The van der Waals surface area contributed by atoms with Gasteiger partial charge in [0.2, 0.25) is 0 Å². The van der Waals surface area contributed by atoms with Crippen LogP contribution in [0.5, 0.6) is 5.75 Å². The van der Waals surface area contributed by atoms with E-state index in [1.165, 1.54) is 12.1 Å². The van der Waals surface area contributed by atoms with Crippen LogP contribution in [0.4, 0.5) is 13.2 Å². The normalized spacial score (nSPS) is 12.2. The third-order valence-corrected chi connectivity index (χ3v) is 3.24. The van der Waals surface area contributed by atoms with Gasteiger partial charge in [-0.2, -0.15) is 13.2 Å². The van der Waals surface area contributed by atoms with E-state index in [-0.39, 0.29) is 0 Å². The zero-order valence-corrected chi connectivity index (χ0v) is 13.8. The summed E-state index contributed by atoms with van der Waals surface area (Å²) in [6, 6.07) is 3.73. The van der Waals surface area contributed by atoms with Crippen LogP contribution in [-0.4, -0.2) is 24.6 Å². The van der Waals surface area contributed by atoms with E-state index in [4.69, 9.17) is 4.74 Å². The van der Waals surface area contributed by atoms with Crippen LogP contribution in [0.25, 0.3) is 0 Å². The molecule has 2 nitrogen and oxygen atoms in total. The van der Waals surface area contributed by atoms with E-state index in [1.54, 1.807) is 0 Å². The SMILES string of the molecule is CCCN(Cc1cc(C(F)(F)F)ccc1OCC)CC(C)C. The molecule has 0 radical (unpaired) electrons. The number of ether oxygens (including phenoxy) is 1. The standard InChI is InChI=1S/C17H26F3NO/c1-5-9-21(11-13(3)4)12-14-10-15(17(18,19)20)7-8-16(14)22-6-2/h7-8,10,13H,5-6,9,11-12H2,1-4H3. The molecule has 0 unspecified atom stereocenters. The summed E-state index contributed by atoms with van der Waals surface area (Å²) >= 11 is 0. The van der Waals surface area contributed by atoms with E-state index in [0.29, 0.717) is 30.4 Å². The number of hydrogen-bond acceptors (Lipinski definition) is 2. The number of benzene rings is 1. The van der Waals surface area contributed by atoms with E-state index >= 15 is 0 Å². The Labute approximate surface area is 131 Å². The average molecular weight is 317 g/mol. The molecule has 0 N–H and O–H groups in total. The molecule has 0 heterocycles. The fourth-order valence-electron chi connectivity index (χ4n) is 2.48. The molecule has 1 rings (SSSR count). The van der Waals surface area contributed by atoms with Gasteiger partial charge in [-0.25, -0.2) is 0 Å². The number of nitrogens with zero attached hydrogens (tertiary/aromatic N) is 1. The van der Waals surface area contributed by atoms with Gasteiger partial charge in [-0.05, 0) is 44.0 Å². The van der Waals surface area contributed by atoms with Crippen molar-refractivity contribution in [2.24, 2.45) is 5.92 Å². The second kappa shape index (κ2) is 8.42. The van der Waals surface area contributed by atoms with Gasteiger partial charge in [0, 0.05) is 18.7 Å². The molecule has 0 aliphatic carbocycles. The summed E-state index contributed by atoms with van der Waals surface area (Å²) in [6.45, 7) is 10.8. The molecular formula is C17H26F3NO. The first-order valence-electron chi connectivity index (χ1n) is 7.83. The van der Waals surface area contributed by atoms with Gasteiger partial charge >= 0.3 is 6.18 Å². The quantitative estimate of drug-likeness (QED) is 0.671. The molecule has 0 bridgehead atoms. The van der Waals surface area contributed by atoms with Crippen LogP contribution in [-0.2, 0) is 12.7 Å². The third kappa shape index (κ3) is 5.87. The highest BCUT2D eigenvalue weighted by Gasteiger charge is 2.31. The van der Waals surface area contributed by atoms with Gasteiger partial charge in [0.05, 0.1) is 12.2 Å². The number of hydrogen-bond donors (Lipinski definition) is 0. The Morgan fingerprint density at radius 3 is 2.36 bits per heavy atom. The van der Waals surface area contributed by atoms with Crippen LogP contribution in [0.15, 0.2) is 18.2 Å². The lowest BCUT2D eigenvalue weighted by atomic mass is 10.1. The van der Waals surface area contributed by atoms with E-state index in [1.807, 2.05) is 6.92 Å². The Balaban J connectivity index is 3.05. The van der Waals surface area contributed by atoms with Gasteiger partial charge in [-0.3, -0.25) is 4.90 Å². The second-order valence-corrected chi connectivity index (χ2v) is 5.88. The summed E-state index contributed by atoms with van der Waals surface area (Å²) in [5.74, 6) is 1.01. The first kappa shape index (κ1) is 18.8. The largest absolute Gasteiger partial charge is 0.494 e. The molecule has 0 amide bonds. The predicted molar refractivity (Wildman–Crippen MR) is 83.0 cm³/mol. The van der Waals surface area contributed by atoms with Gasteiger partial charge in [0.1, 0.15) is 5.75 Å². The van der Waals surface area contributed by atoms with Gasteiger partial charge < -0.3 is 4.74 Å². The molecule has 0 aliphatic heterocycles. The molecular weight excluding hydrogens is 291 g/mol. The molecule has 1 aromatic rings. The zero-order chi connectivity index (χ0) is 16.8. The highest BCUT2D eigenvalue weighted by molar-refractivity contribution is 5.38. The highest BCUT2D eigenvalue weighted by atomic mass is 19.4. The van der Waals surface area contributed by atoms with Gasteiger partial charge in [-0.1, -0.05) is 20.8 Å². The molecule has 0 aliphatic rings. The Hall–Kier alpha value is -1.23. The van der Waals surface area contributed by atoms with E-state index in [2.05, 4.69) is 25.7 Å². The van der Waals surface area contributed by atoms with E-state index in [9.17, 15) is 13.2 Å². The number of alkyl halides is 3. The Kier molecular flexibility index (Phi) is 7.20. The fourth-order valence-corrected chi connectivity index (χ4v) is 2.48. The molecule has 0 fully saturated rings. The Morgan fingerprint density at radius 2 is 1.86 bits per heavy atom. The molecule has 126 valence electrons. The van der Waals surface area contributed by atoms with Crippen molar-refractivity contribution in [3.05, 3.63) is 29.3 Å². The first-order chi connectivity index (χ1) is 10.3. The third-order valence-electron chi connectivity index (χ3n) is 3.24. The minimum absolute atomic E-state index is 0.441. The summed E-state index contributed by atoms with van der Waals surface area (Å²) in [6.07, 6.45) is -3.36. The lowest BCUT2D eigenvalue weighted by Gasteiger charge is -2.25. The van der Waals surface area contributed by atoms with Crippen molar-refractivity contribution in [2.75, 3.05) is 19.7 Å². The van der Waals surface area contributed by atoms with Gasteiger partial charge in [0.15, 0.2) is 0 Å². The maximum Gasteiger partial charge on any atom is 0.416 e. The molecule has 0 aromatic heterocycles. The van der Waals surface area contributed by atoms with E-state index in [0.717, 1.165) is 25.6 Å². The number of halogens is 3. The summed E-state index contributed by atoms with van der Waals surface area (Å²) in [7, 11) is 0. The van der Waals surface area contributed by atoms with Crippen molar-refractivity contribution < 1.29 is 17.9 Å². The van der Waals surface area contributed by atoms with Crippen LogP contribution >= 0.6 is 0 Å². The molecule has 22 heavy (non-hydrogen) atoms. The molecule has 0 spiro atoms. The fraction of sp³-hybridized carbons (Fsp3) is 0.647. The molecule has 0 saturated carbocycles. The molecule has 1 aromatic carbocycles. The van der Waals surface area contributed by atoms with Crippen LogP contribution in [0.1, 0.15) is 45.2 Å². The van der Waals surface area contributed by atoms with Crippen LogP contribution in [0.2, 0.25) is 0 Å². The summed E-state index contributed by atoms with van der Waals surface area (Å²) in [5.41, 5.74) is -0.0160. The molecule has 0 atom stereocenters. The van der Waals surface area contributed by atoms with Crippen molar-refractivity contribution >= 4 is 0 Å². The highest BCUT2D eigenvalue weighted by Crippen LogP contribution is 2.33. The second-order valence-electron chi connectivity index (χ2n) is 5.88. The van der Waals surface area contributed by atoms with Crippen molar-refractivity contribution in [3.8, 4) is 5.75 Å². The smallest absolute Gasteiger partial charge is 0.416 e. The molecule has 5 heteroatoms. The maximum atomic E-state index is 12.9. The Bertz CT molecular complexity index is 458. The van der Waals surface area contributed by atoms with Crippen molar-refractivity contribution in [1.29, 1.82) is 0 Å². The average Bonchev–Trinajstić information content (AvgIpc) is 2.39. The van der Waals surface area contributed by atoms with Crippen LogP contribution < -0.4 is 4.74 Å². The zero-order valence-electron chi connectivity index (χ0n) is 13.8. The van der Waals surface area contributed by atoms with Crippen molar-refractivity contribution in [2.45, 2.75) is 46.8 Å². The lowest BCUT2D eigenvalue weighted by Crippen LogP contribution is -2.28. The lowest BCUT2D eigenvalue weighted by molar-refractivity contribution is -0.137. The topological polar surface area (TPSA) is 12.5 Å². The monoisotopic (exact) mass is 317 g/mol. The minimum Gasteiger partial charge on any atom is -0.494 e. The minimum atomic E-state index is -4.33. The summed E-state index contributed by atoms with van der Waals surface area (Å²) < 4.78 is 44.3. The van der Waals surface area contributed by atoms with Gasteiger partial charge in [-0.15, -0.1) is 0 Å².